The first kappa shape index (κ1) is 24.9. The fourth-order valence-corrected chi connectivity index (χ4v) is 2.74. The Hall–Kier alpha value is -2.09. The summed E-state index contributed by atoms with van der Waals surface area (Å²) in [6.45, 7) is 9.51. The van der Waals surface area contributed by atoms with E-state index < -0.39 is 0 Å². The molecule has 0 saturated heterocycles. The van der Waals surface area contributed by atoms with Crippen molar-refractivity contribution in [1.82, 2.24) is 16.0 Å². The van der Waals surface area contributed by atoms with Gasteiger partial charge in [0.05, 0.1) is 12.6 Å². The highest BCUT2D eigenvalue weighted by molar-refractivity contribution is 14.0. The Morgan fingerprint density at radius 2 is 1.72 bits per heavy atom. The van der Waals surface area contributed by atoms with Gasteiger partial charge in [-0.15, -0.1) is 24.0 Å². The van der Waals surface area contributed by atoms with E-state index in [4.69, 9.17) is 0 Å². The van der Waals surface area contributed by atoms with Crippen LogP contribution in [0, 0.1) is 0 Å². The first-order valence-corrected chi connectivity index (χ1v) is 10.0. The molecule has 0 saturated carbocycles. The lowest BCUT2D eigenvalue weighted by molar-refractivity contribution is 0.0939. The maximum atomic E-state index is 12.3. The Morgan fingerprint density at radius 1 is 1.00 bits per heavy atom. The first-order chi connectivity index (χ1) is 13.5. The van der Waals surface area contributed by atoms with Gasteiger partial charge in [0, 0.05) is 18.2 Å². The molecule has 3 N–H and O–H groups in total. The first-order valence-electron chi connectivity index (χ1n) is 10.0. The minimum absolute atomic E-state index is 0. The molecular formula is C23H33IN4O. The normalized spacial score (nSPS) is 13.0. The molecule has 0 bridgehead atoms. The Morgan fingerprint density at radius 3 is 2.38 bits per heavy atom. The molecule has 0 aliphatic carbocycles. The van der Waals surface area contributed by atoms with Gasteiger partial charge in [0.15, 0.2) is 5.96 Å². The molecule has 158 valence electrons. The Kier molecular flexibility index (Phi) is 11.3. The Labute approximate surface area is 191 Å². The van der Waals surface area contributed by atoms with Crippen LogP contribution in [0.4, 0.5) is 0 Å². The van der Waals surface area contributed by atoms with Crippen LogP contribution in [0.5, 0.6) is 0 Å². The summed E-state index contributed by atoms with van der Waals surface area (Å²) in [5.41, 5.74) is 2.88. The standard InChI is InChI=1S/C23H32N4O.HI/c1-5-17(3)26-22(28)21-14-10-11-19(15-21)16-25-23(24-6-2)27-18(4)20-12-8-7-9-13-20;/h7-15,17-18H,5-6,16H2,1-4H3,(H,26,28)(H2,24,25,27);1H. The fourth-order valence-electron chi connectivity index (χ4n) is 2.74. The number of hydrogen-bond acceptors (Lipinski definition) is 2. The van der Waals surface area contributed by atoms with Crippen LogP contribution in [0.2, 0.25) is 0 Å². The molecule has 0 aliphatic rings. The van der Waals surface area contributed by atoms with Crippen molar-refractivity contribution in [2.24, 2.45) is 4.99 Å². The van der Waals surface area contributed by atoms with E-state index in [0.29, 0.717) is 12.1 Å². The zero-order valence-electron chi connectivity index (χ0n) is 17.7. The molecular weight excluding hydrogens is 475 g/mol. The predicted molar refractivity (Wildman–Crippen MR) is 132 cm³/mol. The van der Waals surface area contributed by atoms with Crippen molar-refractivity contribution in [3.8, 4) is 0 Å². The number of nitrogens with zero attached hydrogens (tertiary/aromatic N) is 1. The Bertz CT molecular complexity index is 779. The van der Waals surface area contributed by atoms with Gasteiger partial charge in [0.25, 0.3) is 5.91 Å². The van der Waals surface area contributed by atoms with Crippen molar-refractivity contribution in [2.45, 2.75) is 52.7 Å². The van der Waals surface area contributed by atoms with Crippen LogP contribution in [-0.4, -0.2) is 24.5 Å². The summed E-state index contributed by atoms with van der Waals surface area (Å²) < 4.78 is 0. The molecule has 0 aromatic heterocycles. The van der Waals surface area contributed by atoms with Crippen LogP contribution in [0.1, 0.15) is 61.6 Å². The number of nitrogens with one attached hydrogen (secondary N) is 3. The largest absolute Gasteiger partial charge is 0.357 e. The van der Waals surface area contributed by atoms with Crippen LogP contribution in [0.25, 0.3) is 0 Å². The molecule has 0 radical (unpaired) electrons. The predicted octanol–water partition coefficient (Wildman–Crippen LogP) is 4.65. The van der Waals surface area contributed by atoms with E-state index >= 15 is 0 Å². The lowest BCUT2D eigenvalue weighted by Crippen LogP contribution is -2.38. The Balaban J connectivity index is 0.00000420. The number of carbonyl (C=O) groups is 1. The van der Waals surface area contributed by atoms with Crippen molar-refractivity contribution in [2.75, 3.05) is 6.54 Å². The van der Waals surface area contributed by atoms with Crippen molar-refractivity contribution in [1.29, 1.82) is 0 Å². The van der Waals surface area contributed by atoms with Crippen molar-refractivity contribution >= 4 is 35.8 Å². The minimum Gasteiger partial charge on any atom is -0.357 e. The van der Waals surface area contributed by atoms with Gasteiger partial charge in [0.1, 0.15) is 0 Å². The summed E-state index contributed by atoms with van der Waals surface area (Å²) in [4.78, 5) is 17.0. The molecule has 0 spiro atoms. The quantitative estimate of drug-likeness (QED) is 0.276. The molecule has 0 aliphatic heterocycles. The summed E-state index contributed by atoms with van der Waals surface area (Å²) in [5.74, 6) is 0.719. The number of aliphatic imine (C=N–C) groups is 1. The highest BCUT2D eigenvalue weighted by Crippen LogP contribution is 2.11. The fraction of sp³-hybridized carbons (Fsp3) is 0.391. The molecule has 0 heterocycles. The van der Waals surface area contributed by atoms with Gasteiger partial charge in [-0.3, -0.25) is 4.79 Å². The number of hydrogen-bond donors (Lipinski definition) is 3. The van der Waals surface area contributed by atoms with E-state index in [-0.39, 0.29) is 42.0 Å². The number of rotatable bonds is 8. The minimum atomic E-state index is -0.0390. The van der Waals surface area contributed by atoms with E-state index in [1.54, 1.807) is 0 Å². The highest BCUT2D eigenvalue weighted by Gasteiger charge is 2.10. The van der Waals surface area contributed by atoms with Gasteiger partial charge in [0.2, 0.25) is 0 Å². The summed E-state index contributed by atoms with van der Waals surface area (Å²) in [7, 11) is 0. The topological polar surface area (TPSA) is 65.5 Å². The van der Waals surface area contributed by atoms with Gasteiger partial charge in [-0.05, 0) is 50.5 Å². The summed E-state index contributed by atoms with van der Waals surface area (Å²) in [6, 6.07) is 18.2. The highest BCUT2D eigenvalue weighted by atomic mass is 127. The lowest BCUT2D eigenvalue weighted by atomic mass is 10.1. The monoisotopic (exact) mass is 508 g/mol. The maximum absolute atomic E-state index is 12.3. The van der Waals surface area contributed by atoms with E-state index in [1.807, 2.05) is 56.3 Å². The van der Waals surface area contributed by atoms with Gasteiger partial charge in [-0.2, -0.15) is 0 Å². The van der Waals surface area contributed by atoms with E-state index in [1.165, 1.54) is 5.56 Å². The van der Waals surface area contributed by atoms with Gasteiger partial charge < -0.3 is 16.0 Å². The number of halogens is 1. The maximum Gasteiger partial charge on any atom is 0.251 e. The van der Waals surface area contributed by atoms with Crippen LogP contribution in [-0.2, 0) is 6.54 Å². The molecule has 2 atom stereocenters. The molecule has 1 amide bonds. The molecule has 5 nitrogen and oxygen atoms in total. The average Bonchev–Trinajstić information content (AvgIpc) is 2.72. The average molecular weight is 508 g/mol. The van der Waals surface area contributed by atoms with Crippen molar-refractivity contribution < 1.29 is 4.79 Å². The van der Waals surface area contributed by atoms with Gasteiger partial charge >= 0.3 is 0 Å². The molecule has 2 rings (SSSR count). The summed E-state index contributed by atoms with van der Waals surface area (Å²) in [6.07, 6.45) is 0.910. The van der Waals surface area contributed by atoms with Crippen molar-refractivity contribution in [3.05, 3.63) is 71.3 Å². The summed E-state index contributed by atoms with van der Waals surface area (Å²) in [5, 5.41) is 9.72. The van der Waals surface area contributed by atoms with Crippen LogP contribution < -0.4 is 16.0 Å². The third-order valence-electron chi connectivity index (χ3n) is 4.60. The van der Waals surface area contributed by atoms with E-state index in [9.17, 15) is 4.79 Å². The molecule has 2 unspecified atom stereocenters. The summed E-state index contributed by atoms with van der Waals surface area (Å²) >= 11 is 0. The second kappa shape index (κ2) is 13.2. The SMILES string of the molecule is CCNC(=NCc1cccc(C(=O)NC(C)CC)c1)NC(C)c1ccccc1.I. The molecule has 2 aromatic rings. The smallest absolute Gasteiger partial charge is 0.251 e. The van der Waals surface area contributed by atoms with Gasteiger partial charge in [-0.25, -0.2) is 4.99 Å². The van der Waals surface area contributed by atoms with Crippen LogP contribution in [0.3, 0.4) is 0 Å². The molecule has 2 aromatic carbocycles. The third kappa shape index (κ3) is 8.43. The van der Waals surface area contributed by atoms with Gasteiger partial charge in [-0.1, -0.05) is 49.4 Å². The number of amides is 1. The number of carbonyl (C=O) groups excluding carboxylic acids is 1. The van der Waals surface area contributed by atoms with Crippen LogP contribution >= 0.6 is 24.0 Å². The molecule has 0 fully saturated rings. The lowest BCUT2D eigenvalue weighted by Gasteiger charge is -2.18. The van der Waals surface area contributed by atoms with Crippen molar-refractivity contribution in [3.63, 3.8) is 0 Å². The second-order valence-electron chi connectivity index (χ2n) is 6.96. The molecule has 29 heavy (non-hydrogen) atoms. The number of benzene rings is 2. The van der Waals surface area contributed by atoms with E-state index in [0.717, 1.165) is 24.5 Å². The molecule has 6 heteroatoms. The second-order valence-corrected chi connectivity index (χ2v) is 6.96. The van der Waals surface area contributed by atoms with Crippen LogP contribution in [0.15, 0.2) is 59.6 Å². The third-order valence-corrected chi connectivity index (χ3v) is 4.60. The van der Waals surface area contributed by atoms with E-state index in [2.05, 4.69) is 46.9 Å². The zero-order valence-corrected chi connectivity index (χ0v) is 20.1. The number of guanidine groups is 1. The zero-order chi connectivity index (χ0) is 20.4.